The zero-order valence-electron chi connectivity index (χ0n) is 26.6. The molecular weight excluding hydrogens is 548 g/mol. The van der Waals surface area contributed by atoms with Gasteiger partial charge in [-0.05, 0) is 133 Å². The van der Waals surface area contributed by atoms with Crippen molar-refractivity contribution in [3.63, 3.8) is 0 Å². The zero-order valence-corrected chi connectivity index (χ0v) is 26.6. The second-order valence-corrected chi connectivity index (χ2v) is 13.5. The second-order valence-electron chi connectivity index (χ2n) is 13.5. The molecule has 5 heteroatoms. The number of ether oxygens (including phenoxy) is 4. The summed E-state index contributed by atoms with van der Waals surface area (Å²) in [6, 6.07) is 11.8. The Morgan fingerprint density at radius 2 is 1.02 bits per heavy atom. The Labute approximate surface area is 264 Å². The summed E-state index contributed by atoms with van der Waals surface area (Å²) in [7, 11) is 0. The number of carbonyl (C=O) groups is 1. The van der Waals surface area contributed by atoms with Crippen molar-refractivity contribution in [3.05, 3.63) is 53.6 Å². The lowest BCUT2D eigenvalue weighted by atomic mass is 9.97. The fraction of sp³-hybridized carbons (Fsp3) is 0.615. The molecule has 2 aromatic rings. The molecule has 4 aliphatic carbocycles. The topological polar surface area (TPSA) is 54.0 Å². The SMILES string of the molecule is O=C(C=Cc1cc(OC2CCCCC2)cc(OC2CCCCC2)c1OC1CCCCC1)c1ccccc1OC1CCCCC1. The molecule has 0 bridgehead atoms. The second kappa shape index (κ2) is 15.9. The molecule has 4 saturated carbocycles. The van der Waals surface area contributed by atoms with E-state index in [1.807, 2.05) is 30.3 Å². The van der Waals surface area contributed by atoms with Crippen LogP contribution in [-0.2, 0) is 0 Å². The number of benzene rings is 2. The van der Waals surface area contributed by atoms with E-state index in [9.17, 15) is 4.79 Å². The number of rotatable bonds is 11. The molecule has 0 heterocycles. The van der Waals surface area contributed by atoms with Gasteiger partial charge in [0.1, 0.15) is 11.5 Å². The van der Waals surface area contributed by atoms with Crippen LogP contribution in [0.25, 0.3) is 6.08 Å². The summed E-state index contributed by atoms with van der Waals surface area (Å²) in [6.45, 7) is 0. The molecule has 44 heavy (non-hydrogen) atoms. The van der Waals surface area contributed by atoms with Crippen LogP contribution in [0.5, 0.6) is 23.0 Å². The number of carbonyl (C=O) groups excluding carboxylic acids is 1. The summed E-state index contributed by atoms with van der Waals surface area (Å²) in [6.07, 6.45) is 27.5. The van der Waals surface area contributed by atoms with Gasteiger partial charge in [-0.3, -0.25) is 4.79 Å². The molecule has 0 saturated heterocycles. The molecule has 2 aromatic carbocycles. The van der Waals surface area contributed by atoms with Gasteiger partial charge in [0.25, 0.3) is 0 Å². The first-order chi connectivity index (χ1) is 21.7. The highest BCUT2D eigenvalue weighted by atomic mass is 16.5. The number of para-hydroxylation sites is 1. The number of allylic oxidation sites excluding steroid dienone is 1. The van der Waals surface area contributed by atoms with Gasteiger partial charge in [-0.1, -0.05) is 37.8 Å². The van der Waals surface area contributed by atoms with Gasteiger partial charge in [-0.2, -0.15) is 0 Å². The first-order valence-corrected chi connectivity index (χ1v) is 17.9. The summed E-state index contributed by atoms with van der Waals surface area (Å²) in [5, 5.41) is 0. The molecule has 0 N–H and O–H groups in total. The van der Waals surface area contributed by atoms with Gasteiger partial charge in [-0.25, -0.2) is 0 Å². The average molecular weight is 601 g/mol. The van der Waals surface area contributed by atoms with E-state index >= 15 is 0 Å². The highest BCUT2D eigenvalue weighted by Gasteiger charge is 2.25. The predicted molar refractivity (Wildman–Crippen MR) is 176 cm³/mol. The molecule has 0 amide bonds. The third-order valence-electron chi connectivity index (χ3n) is 10.0. The van der Waals surface area contributed by atoms with E-state index in [4.69, 9.17) is 18.9 Å². The van der Waals surface area contributed by atoms with Gasteiger partial charge in [0, 0.05) is 11.6 Å². The van der Waals surface area contributed by atoms with Crippen LogP contribution >= 0.6 is 0 Å². The Morgan fingerprint density at radius 1 is 0.545 bits per heavy atom. The van der Waals surface area contributed by atoms with Crippen molar-refractivity contribution in [1.29, 1.82) is 0 Å². The fourth-order valence-corrected chi connectivity index (χ4v) is 7.48. The van der Waals surface area contributed by atoms with Crippen LogP contribution in [0.3, 0.4) is 0 Å². The Bertz CT molecular complexity index is 1230. The minimum atomic E-state index is -0.0617. The van der Waals surface area contributed by atoms with E-state index in [0.717, 1.165) is 74.2 Å². The average Bonchev–Trinajstić information content (AvgIpc) is 3.07. The van der Waals surface area contributed by atoms with E-state index in [0.29, 0.717) is 11.3 Å². The summed E-state index contributed by atoms with van der Waals surface area (Å²) in [4.78, 5) is 13.7. The number of hydrogen-bond acceptors (Lipinski definition) is 5. The van der Waals surface area contributed by atoms with Crippen LogP contribution in [0.4, 0.5) is 0 Å². The lowest BCUT2D eigenvalue weighted by Gasteiger charge is -2.29. The summed E-state index contributed by atoms with van der Waals surface area (Å²) >= 11 is 0. The third-order valence-corrected chi connectivity index (χ3v) is 10.0. The zero-order chi connectivity index (χ0) is 30.0. The lowest BCUT2D eigenvalue weighted by molar-refractivity contribution is 0.103. The quantitative estimate of drug-likeness (QED) is 0.190. The number of ketones is 1. The van der Waals surface area contributed by atoms with Crippen LogP contribution in [-0.4, -0.2) is 30.2 Å². The normalized spacial score (nSPS) is 21.3. The third kappa shape index (κ3) is 8.61. The molecule has 0 unspecified atom stereocenters. The van der Waals surface area contributed by atoms with Crippen molar-refractivity contribution in [3.8, 4) is 23.0 Å². The van der Waals surface area contributed by atoms with Gasteiger partial charge in [0.15, 0.2) is 17.3 Å². The number of hydrogen-bond donors (Lipinski definition) is 0. The van der Waals surface area contributed by atoms with E-state index < -0.39 is 0 Å². The van der Waals surface area contributed by atoms with E-state index in [2.05, 4.69) is 12.1 Å². The van der Waals surface area contributed by atoms with Gasteiger partial charge in [0.05, 0.1) is 30.0 Å². The Kier molecular flexibility index (Phi) is 11.2. The maximum absolute atomic E-state index is 13.7. The Hall–Kier alpha value is -2.95. The van der Waals surface area contributed by atoms with Crippen LogP contribution in [0.1, 0.15) is 144 Å². The lowest BCUT2D eigenvalue weighted by Crippen LogP contribution is -2.23. The van der Waals surface area contributed by atoms with Crippen molar-refractivity contribution >= 4 is 11.9 Å². The molecule has 0 atom stereocenters. The molecule has 6 rings (SSSR count). The largest absolute Gasteiger partial charge is 0.490 e. The molecule has 0 radical (unpaired) electrons. The summed E-state index contributed by atoms with van der Waals surface area (Å²) in [5.41, 5.74) is 1.46. The van der Waals surface area contributed by atoms with E-state index in [1.54, 1.807) is 6.08 Å². The van der Waals surface area contributed by atoms with Crippen LogP contribution in [0.15, 0.2) is 42.5 Å². The van der Waals surface area contributed by atoms with Crippen molar-refractivity contribution in [1.82, 2.24) is 0 Å². The molecule has 4 fully saturated rings. The molecule has 0 aromatic heterocycles. The standard InChI is InChI=1S/C39H52O5/c40-36(35-23-13-14-24-37(35)42-31-17-7-2-8-18-31)26-25-29-27-34(41-30-15-5-1-6-16-30)28-38(43-32-19-9-3-10-20-32)39(29)44-33-21-11-4-12-22-33/h13-14,23-28,30-33H,1-12,15-22H2. The minimum Gasteiger partial charge on any atom is -0.490 e. The summed E-state index contributed by atoms with van der Waals surface area (Å²) < 4.78 is 26.5. The summed E-state index contributed by atoms with van der Waals surface area (Å²) in [5.74, 6) is 2.96. The van der Waals surface area contributed by atoms with Gasteiger partial charge >= 0.3 is 0 Å². The van der Waals surface area contributed by atoms with E-state index in [-0.39, 0.29) is 30.2 Å². The molecule has 0 spiro atoms. The van der Waals surface area contributed by atoms with Crippen LogP contribution < -0.4 is 18.9 Å². The van der Waals surface area contributed by atoms with E-state index in [1.165, 1.54) is 77.0 Å². The van der Waals surface area contributed by atoms with Crippen molar-refractivity contribution in [2.24, 2.45) is 0 Å². The molecule has 5 nitrogen and oxygen atoms in total. The maximum Gasteiger partial charge on any atom is 0.189 e. The van der Waals surface area contributed by atoms with Crippen molar-refractivity contribution in [2.75, 3.05) is 0 Å². The highest BCUT2D eigenvalue weighted by Crippen LogP contribution is 2.42. The van der Waals surface area contributed by atoms with Gasteiger partial charge in [-0.15, -0.1) is 0 Å². The molecular formula is C39H52O5. The monoisotopic (exact) mass is 600 g/mol. The van der Waals surface area contributed by atoms with Crippen LogP contribution in [0.2, 0.25) is 0 Å². The first kappa shape index (κ1) is 31.0. The van der Waals surface area contributed by atoms with Gasteiger partial charge < -0.3 is 18.9 Å². The molecule has 0 aliphatic heterocycles. The fourth-order valence-electron chi connectivity index (χ4n) is 7.48. The smallest absolute Gasteiger partial charge is 0.189 e. The Balaban J connectivity index is 1.31. The predicted octanol–water partition coefficient (Wildman–Crippen LogP) is 10.4. The van der Waals surface area contributed by atoms with Crippen LogP contribution in [0, 0.1) is 0 Å². The molecule has 4 aliphatic rings. The van der Waals surface area contributed by atoms with Crippen molar-refractivity contribution in [2.45, 2.75) is 153 Å². The van der Waals surface area contributed by atoms with Gasteiger partial charge in [0.2, 0.25) is 0 Å². The molecule has 238 valence electrons. The highest BCUT2D eigenvalue weighted by molar-refractivity contribution is 6.08. The minimum absolute atomic E-state index is 0.0617. The Morgan fingerprint density at radius 3 is 1.59 bits per heavy atom. The maximum atomic E-state index is 13.7. The van der Waals surface area contributed by atoms with Crippen molar-refractivity contribution < 1.29 is 23.7 Å². The first-order valence-electron chi connectivity index (χ1n) is 17.9.